The van der Waals surface area contributed by atoms with Crippen LogP contribution in [0.1, 0.15) is 45.1 Å². The predicted octanol–water partition coefficient (Wildman–Crippen LogP) is 2.32. The highest BCUT2D eigenvalue weighted by molar-refractivity contribution is 5.22. The van der Waals surface area contributed by atoms with Crippen molar-refractivity contribution >= 4 is 0 Å². The van der Waals surface area contributed by atoms with Crippen molar-refractivity contribution in [3.05, 3.63) is 17.6 Å². The quantitative estimate of drug-likeness (QED) is 0.909. The molecule has 0 aliphatic carbocycles. The standard InChI is InChI=1S/C15H25N3O/c1-15(2,3)12-9-14(19-4)18-13(17-12)8-11-6-5-7-16-10-11/h9,11,16H,5-8,10H2,1-4H3. The Bertz CT molecular complexity index is 420. The van der Waals surface area contributed by atoms with Gasteiger partial charge in [-0.05, 0) is 31.8 Å². The number of hydrogen-bond acceptors (Lipinski definition) is 4. The minimum absolute atomic E-state index is 0.0236. The van der Waals surface area contributed by atoms with Crippen LogP contribution >= 0.6 is 0 Å². The van der Waals surface area contributed by atoms with Crippen LogP contribution in [0.15, 0.2) is 6.07 Å². The lowest BCUT2D eigenvalue weighted by molar-refractivity contribution is 0.361. The molecule has 0 saturated carbocycles. The van der Waals surface area contributed by atoms with Crippen LogP contribution in [0.5, 0.6) is 5.88 Å². The highest BCUT2D eigenvalue weighted by atomic mass is 16.5. The van der Waals surface area contributed by atoms with Gasteiger partial charge in [0.25, 0.3) is 0 Å². The van der Waals surface area contributed by atoms with Gasteiger partial charge in [0.2, 0.25) is 5.88 Å². The molecule has 1 aromatic rings. The van der Waals surface area contributed by atoms with Gasteiger partial charge in [-0.15, -0.1) is 0 Å². The molecule has 0 radical (unpaired) electrons. The first-order chi connectivity index (χ1) is 8.99. The Balaban J connectivity index is 2.19. The predicted molar refractivity (Wildman–Crippen MR) is 76.6 cm³/mol. The third kappa shape index (κ3) is 3.90. The smallest absolute Gasteiger partial charge is 0.216 e. The molecule has 1 aliphatic rings. The minimum atomic E-state index is 0.0236. The van der Waals surface area contributed by atoms with Crippen molar-refractivity contribution in [3.8, 4) is 5.88 Å². The van der Waals surface area contributed by atoms with Crippen molar-refractivity contribution in [2.24, 2.45) is 5.92 Å². The Morgan fingerprint density at radius 1 is 1.37 bits per heavy atom. The molecule has 2 heterocycles. The van der Waals surface area contributed by atoms with E-state index in [-0.39, 0.29) is 5.41 Å². The topological polar surface area (TPSA) is 47.0 Å². The Kier molecular flexibility index (Phi) is 4.40. The summed E-state index contributed by atoms with van der Waals surface area (Å²) in [7, 11) is 1.67. The molecule has 4 heteroatoms. The Morgan fingerprint density at radius 2 is 2.16 bits per heavy atom. The monoisotopic (exact) mass is 263 g/mol. The number of ether oxygens (including phenoxy) is 1. The van der Waals surface area contributed by atoms with E-state index in [2.05, 4.69) is 31.1 Å². The number of nitrogens with one attached hydrogen (secondary N) is 1. The van der Waals surface area contributed by atoms with Gasteiger partial charge in [-0.3, -0.25) is 0 Å². The summed E-state index contributed by atoms with van der Waals surface area (Å²) in [6.07, 6.45) is 3.45. The maximum Gasteiger partial charge on any atom is 0.216 e. The van der Waals surface area contributed by atoms with E-state index in [1.54, 1.807) is 7.11 Å². The van der Waals surface area contributed by atoms with Crippen LogP contribution in [0.4, 0.5) is 0 Å². The number of methoxy groups -OCH3 is 1. The first-order valence-corrected chi connectivity index (χ1v) is 7.12. The maximum atomic E-state index is 5.31. The van der Waals surface area contributed by atoms with Gasteiger partial charge in [0.1, 0.15) is 5.82 Å². The van der Waals surface area contributed by atoms with Gasteiger partial charge in [-0.2, -0.15) is 4.98 Å². The highest BCUT2D eigenvalue weighted by Crippen LogP contribution is 2.24. The van der Waals surface area contributed by atoms with Crippen LogP contribution in [0.2, 0.25) is 0 Å². The summed E-state index contributed by atoms with van der Waals surface area (Å²) in [5.74, 6) is 2.24. The van der Waals surface area contributed by atoms with Crippen molar-refractivity contribution in [2.75, 3.05) is 20.2 Å². The van der Waals surface area contributed by atoms with Crippen molar-refractivity contribution in [2.45, 2.75) is 45.4 Å². The fraction of sp³-hybridized carbons (Fsp3) is 0.733. The fourth-order valence-corrected chi connectivity index (χ4v) is 2.41. The largest absolute Gasteiger partial charge is 0.481 e. The van der Waals surface area contributed by atoms with Crippen LogP contribution in [0.3, 0.4) is 0 Å². The molecule has 1 unspecified atom stereocenters. The van der Waals surface area contributed by atoms with Crippen molar-refractivity contribution in [1.29, 1.82) is 0 Å². The molecule has 106 valence electrons. The molecule has 1 fully saturated rings. The van der Waals surface area contributed by atoms with Gasteiger partial charge in [0.15, 0.2) is 0 Å². The Hall–Kier alpha value is -1.16. The normalized spacial score (nSPS) is 20.3. The Labute approximate surface area is 116 Å². The molecule has 0 amide bonds. The summed E-state index contributed by atoms with van der Waals surface area (Å²) in [6.45, 7) is 8.72. The molecule has 2 rings (SSSR count). The maximum absolute atomic E-state index is 5.31. The van der Waals surface area contributed by atoms with Crippen LogP contribution in [0, 0.1) is 5.92 Å². The van der Waals surface area contributed by atoms with Gasteiger partial charge in [0, 0.05) is 17.9 Å². The average molecular weight is 263 g/mol. The fourth-order valence-electron chi connectivity index (χ4n) is 2.41. The van der Waals surface area contributed by atoms with Gasteiger partial charge >= 0.3 is 0 Å². The van der Waals surface area contributed by atoms with E-state index in [4.69, 9.17) is 9.72 Å². The van der Waals surface area contributed by atoms with Gasteiger partial charge in [0.05, 0.1) is 12.8 Å². The third-order valence-electron chi connectivity index (χ3n) is 3.60. The molecule has 19 heavy (non-hydrogen) atoms. The zero-order chi connectivity index (χ0) is 13.9. The van der Waals surface area contributed by atoms with Crippen LogP contribution in [0.25, 0.3) is 0 Å². The van der Waals surface area contributed by atoms with E-state index in [1.807, 2.05) is 6.07 Å². The molecular formula is C15H25N3O. The summed E-state index contributed by atoms with van der Waals surface area (Å²) in [6, 6.07) is 1.95. The second kappa shape index (κ2) is 5.87. The van der Waals surface area contributed by atoms with E-state index >= 15 is 0 Å². The summed E-state index contributed by atoms with van der Waals surface area (Å²) in [5.41, 5.74) is 1.08. The molecule has 1 aliphatic heterocycles. The number of piperidine rings is 1. The van der Waals surface area contributed by atoms with Crippen LogP contribution in [-0.4, -0.2) is 30.2 Å². The van der Waals surface area contributed by atoms with Crippen LogP contribution in [-0.2, 0) is 11.8 Å². The molecule has 4 nitrogen and oxygen atoms in total. The summed E-state index contributed by atoms with van der Waals surface area (Å²) >= 11 is 0. The summed E-state index contributed by atoms with van der Waals surface area (Å²) < 4.78 is 5.31. The van der Waals surface area contributed by atoms with Crippen LogP contribution < -0.4 is 10.1 Å². The molecule has 1 atom stereocenters. The number of aromatic nitrogens is 2. The SMILES string of the molecule is COc1cc(C(C)(C)C)nc(CC2CCCNC2)n1. The Morgan fingerprint density at radius 3 is 2.74 bits per heavy atom. The number of nitrogens with zero attached hydrogens (tertiary/aromatic N) is 2. The second-order valence-corrected chi connectivity index (χ2v) is 6.38. The van der Waals surface area contributed by atoms with Crippen molar-refractivity contribution < 1.29 is 4.74 Å². The number of hydrogen-bond donors (Lipinski definition) is 1. The van der Waals surface area contributed by atoms with Crippen molar-refractivity contribution in [3.63, 3.8) is 0 Å². The first kappa shape index (κ1) is 14.3. The summed E-state index contributed by atoms with van der Waals surface area (Å²) in [5, 5.41) is 3.44. The van der Waals surface area contributed by atoms with Crippen molar-refractivity contribution in [1.82, 2.24) is 15.3 Å². The zero-order valence-electron chi connectivity index (χ0n) is 12.5. The summed E-state index contributed by atoms with van der Waals surface area (Å²) in [4.78, 5) is 9.23. The van der Waals surface area contributed by atoms with Gasteiger partial charge in [-0.1, -0.05) is 20.8 Å². The molecule has 0 aromatic carbocycles. The lowest BCUT2D eigenvalue weighted by Gasteiger charge is -2.23. The highest BCUT2D eigenvalue weighted by Gasteiger charge is 2.20. The molecule has 1 saturated heterocycles. The van der Waals surface area contributed by atoms with E-state index in [1.165, 1.54) is 12.8 Å². The minimum Gasteiger partial charge on any atom is -0.481 e. The first-order valence-electron chi connectivity index (χ1n) is 7.12. The molecule has 0 bridgehead atoms. The molecular weight excluding hydrogens is 238 g/mol. The lowest BCUT2D eigenvalue weighted by Crippen LogP contribution is -2.31. The lowest BCUT2D eigenvalue weighted by atomic mass is 9.91. The number of rotatable bonds is 3. The van der Waals surface area contributed by atoms with Gasteiger partial charge in [-0.25, -0.2) is 4.98 Å². The molecule has 1 aromatic heterocycles. The molecule has 0 spiro atoms. The second-order valence-electron chi connectivity index (χ2n) is 6.38. The molecule has 1 N–H and O–H groups in total. The van der Waals surface area contributed by atoms with E-state index < -0.39 is 0 Å². The van der Waals surface area contributed by atoms with E-state index in [0.29, 0.717) is 11.8 Å². The van der Waals surface area contributed by atoms with Gasteiger partial charge < -0.3 is 10.1 Å². The van der Waals surface area contributed by atoms with E-state index in [0.717, 1.165) is 31.0 Å². The zero-order valence-corrected chi connectivity index (χ0v) is 12.5. The van der Waals surface area contributed by atoms with E-state index in [9.17, 15) is 0 Å². The third-order valence-corrected chi connectivity index (χ3v) is 3.60. The average Bonchev–Trinajstić information content (AvgIpc) is 2.38.